The number of hydrogen-bond donors (Lipinski definition) is 1. The van der Waals surface area contributed by atoms with Crippen LogP contribution in [0.1, 0.15) is 35.0 Å². The van der Waals surface area contributed by atoms with Crippen molar-refractivity contribution in [1.82, 2.24) is 9.78 Å². The maximum Gasteiger partial charge on any atom is 0.307 e. The van der Waals surface area contributed by atoms with Crippen LogP contribution in [0, 0.1) is 13.8 Å². The van der Waals surface area contributed by atoms with Crippen molar-refractivity contribution < 1.29 is 9.90 Å². The maximum absolute atomic E-state index is 10.9. The summed E-state index contributed by atoms with van der Waals surface area (Å²) >= 11 is 0. The molecule has 4 heteroatoms. The molecule has 0 amide bonds. The minimum absolute atomic E-state index is 0.0517. The third-order valence-electron chi connectivity index (χ3n) is 3.67. The molecule has 0 saturated carbocycles. The van der Waals surface area contributed by atoms with Gasteiger partial charge in [0.1, 0.15) is 0 Å². The van der Waals surface area contributed by atoms with Crippen molar-refractivity contribution in [2.75, 3.05) is 0 Å². The van der Waals surface area contributed by atoms with Crippen LogP contribution in [0.25, 0.3) is 0 Å². The molecule has 0 saturated heterocycles. The molecule has 0 aliphatic carbocycles. The van der Waals surface area contributed by atoms with E-state index in [1.807, 2.05) is 35.9 Å². The molecule has 0 fully saturated rings. The Morgan fingerprint density at radius 3 is 2.45 bits per heavy atom. The van der Waals surface area contributed by atoms with Crippen LogP contribution in [0.4, 0.5) is 0 Å². The number of nitrogens with zero attached hydrogens (tertiary/aromatic N) is 2. The van der Waals surface area contributed by atoms with Crippen LogP contribution in [0.15, 0.2) is 24.3 Å². The highest BCUT2D eigenvalue weighted by atomic mass is 16.4. The summed E-state index contributed by atoms with van der Waals surface area (Å²) in [5.41, 5.74) is 5.37. The number of rotatable bonds is 5. The summed E-state index contributed by atoms with van der Waals surface area (Å²) in [4.78, 5) is 10.9. The van der Waals surface area contributed by atoms with Gasteiger partial charge in [-0.25, -0.2) is 0 Å². The average molecular weight is 272 g/mol. The van der Waals surface area contributed by atoms with Crippen molar-refractivity contribution in [2.24, 2.45) is 0 Å². The number of carboxylic acid groups (broad SMARTS) is 1. The zero-order valence-corrected chi connectivity index (χ0v) is 12.2. The Kier molecular flexibility index (Phi) is 4.23. The number of aliphatic carboxylic acids is 1. The molecule has 1 N–H and O–H groups in total. The van der Waals surface area contributed by atoms with Crippen molar-refractivity contribution in [1.29, 1.82) is 0 Å². The summed E-state index contributed by atoms with van der Waals surface area (Å²) in [6, 6.07) is 7.66. The van der Waals surface area contributed by atoms with Gasteiger partial charge in [-0.05, 0) is 37.0 Å². The van der Waals surface area contributed by atoms with Crippen LogP contribution in [0.2, 0.25) is 0 Å². The molecule has 0 aliphatic rings. The lowest BCUT2D eigenvalue weighted by Gasteiger charge is -2.09. The van der Waals surface area contributed by atoms with E-state index in [-0.39, 0.29) is 6.42 Å². The second kappa shape index (κ2) is 5.90. The molecule has 1 aromatic carbocycles. The Morgan fingerprint density at radius 2 is 1.90 bits per heavy atom. The first-order valence-corrected chi connectivity index (χ1v) is 6.84. The zero-order chi connectivity index (χ0) is 14.7. The number of aromatic nitrogens is 2. The minimum Gasteiger partial charge on any atom is -0.481 e. The highest BCUT2D eigenvalue weighted by Crippen LogP contribution is 2.17. The Morgan fingerprint density at radius 1 is 1.25 bits per heavy atom. The molecular formula is C16H20N2O2. The summed E-state index contributed by atoms with van der Waals surface area (Å²) in [5, 5.41) is 13.5. The minimum atomic E-state index is -0.805. The van der Waals surface area contributed by atoms with Gasteiger partial charge >= 0.3 is 5.97 Å². The molecule has 4 nitrogen and oxygen atoms in total. The molecule has 0 spiro atoms. The van der Waals surface area contributed by atoms with Crippen LogP contribution in [0.3, 0.4) is 0 Å². The summed E-state index contributed by atoms with van der Waals surface area (Å²) in [6.45, 7) is 6.83. The lowest BCUT2D eigenvalue weighted by atomic mass is 10.0. The molecule has 0 unspecified atom stereocenters. The molecule has 2 rings (SSSR count). The highest BCUT2D eigenvalue weighted by Gasteiger charge is 2.12. The Hall–Kier alpha value is -2.10. The van der Waals surface area contributed by atoms with Gasteiger partial charge in [0.15, 0.2) is 0 Å². The van der Waals surface area contributed by atoms with Gasteiger partial charge in [-0.1, -0.05) is 31.2 Å². The Bertz CT molecular complexity index is 629. The molecule has 0 atom stereocenters. The van der Waals surface area contributed by atoms with Crippen molar-refractivity contribution in [2.45, 2.75) is 40.2 Å². The van der Waals surface area contributed by atoms with Gasteiger partial charge in [0.05, 0.1) is 18.7 Å². The molecule has 0 aliphatic heterocycles. The maximum atomic E-state index is 10.9. The molecule has 0 radical (unpaired) electrons. The van der Waals surface area contributed by atoms with Crippen LogP contribution in [-0.4, -0.2) is 20.9 Å². The third kappa shape index (κ3) is 2.90. The largest absolute Gasteiger partial charge is 0.481 e. The Balaban J connectivity index is 2.33. The van der Waals surface area contributed by atoms with Gasteiger partial charge in [0.25, 0.3) is 0 Å². The molecule has 20 heavy (non-hydrogen) atoms. The smallest absolute Gasteiger partial charge is 0.307 e. The first-order valence-electron chi connectivity index (χ1n) is 6.84. The topological polar surface area (TPSA) is 55.1 Å². The first-order chi connectivity index (χ1) is 9.52. The second-order valence-electron chi connectivity index (χ2n) is 5.00. The van der Waals surface area contributed by atoms with Crippen molar-refractivity contribution >= 4 is 5.97 Å². The summed E-state index contributed by atoms with van der Waals surface area (Å²) in [6.07, 6.45) is 1.02. The summed E-state index contributed by atoms with van der Waals surface area (Å²) in [5.74, 6) is -0.805. The monoisotopic (exact) mass is 272 g/mol. The fourth-order valence-electron chi connectivity index (χ4n) is 2.61. The summed E-state index contributed by atoms with van der Waals surface area (Å²) < 4.78 is 1.97. The van der Waals surface area contributed by atoms with E-state index in [0.717, 1.165) is 28.9 Å². The second-order valence-corrected chi connectivity index (χ2v) is 5.00. The summed E-state index contributed by atoms with van der Waals surface area (Å²) in [7, 11) is 0. The molecule has 1 heterocycles. The number of carbonyl (C=O) groups is 1. The van der Waals surface area contributed by atoms with E-state index in [4.69, 9.17) is 5.11 Å². The van der Waals surface area contributed by atoms with Crippen LogP contribution in [0.5, 0.6) is 0 Å². The fraction of sp³-hybridized carbons (Fsp3) is 0.375. The van der Waals surface area contributed by atoms with Gasteiger partial charge < -0.3 is 5.11 Å². The molecule has 0 bridgehead atoms. The van der Waals surface area contributed by atoms with E-state index < -0.39 is 5.97 Å². The predicted octanol–water partition coefficient (Wildman–Crippen LogP) is 2.74. The van der Waals surface area contributed by atoms with Gasteiger partial charge in [0.2, 0.25) is 0 Å². The lowest BCUT2D eigenvalue weighted by molar-refractivity contribution is -0.136. The van der Waals surface area contributed by atoms with E-state index in [9.17, 15) is 4.79 Å². The number of carboxylic acids is 1. The molecular weight excluding hydrogens is 252 g/mol. The normalized spacial score (nSPS) is 10.8. The van der Waals surface area contributed by atoms with E-state index in [1.54, 1.807) is 0 Å². The van der Waals surface area contributed by atoms with Crippen LogP contribution in [-0.2, 0) is 24.2 Å². The quantitative estimate of drug-likeness (QED) is 0.910. The van der Waals surface area contributed by atoms with E-state index in [0.29, 0.717) is 6.54 Å². The molecule has 106 valence electrons. The number of benzene rings is 1. The van der Waals surface area contributed by atoms with Crippen molar-refractivity contribution in [3.8, 4) is 0 Å². The SMILES string of the molecule is CCc1c(C)nn(Cc2ccccc2CC(=O)O)c1C. The zero-order valence-electron chi connectivity index (χ0n) is 12.2. The van der Waals surface area contributed by atoms with Crippen molar-refractivity contribution in [3.05, 3.63) is 52.3 Å². The van der Waals surface area contributed by atoms with E-state index >= 15 is 0 Å². The lowest BCUT2D eigenvalue weighted by Crippen LogP contribution is -2.09. The Labute approximate surface area is 119 Å². The van der Waals surface area contributed by atoms with Gasteiger partial charge in [-0.2, -0.15) is 5.10 Å². The fourth-order valence-corrected chi connectivity index (χ4v) is 2.61. The van der Waals surface area contributed by atoms with E-state index in [2.05, 4.69) is 18.9 Å². The first kappa shape index (κ1) is 14.3. The van der Waals surface area contributed by atoms with Gasteiger partial charge in [0, 0.05) is 5.69 Å². The number of aryl methyl sites for hydroxylation is 1. The van der Waals surface area contributed by atoms with Gasteiger partial charge in [-0.15, -0.1) is 0 Å². The average Bonchev–Trinajstić information content (AvgIpc) is 2.66. The van der Waals surface area contributed by atoms with E-state index in [1.165, 1.54) is 5.56 Å². The van der Waals surface area contributed by atoms with Crippen LogP contribution >= 0.6 is 0 Å². The van der Waals surface area contributed by atoms with Crippen LogP contribution < -0.4 is 0 Å². The number of hydrogen-bond acceptors (Lipinski definition) is 2. The van der Waals surface area contributed by atoms with Crippen molar-refractivity contribution in [3.63, 3.8) is 0 Å². The predicted molar refractivity (Wildman–Crippen MR) is 78.0 cm³/mol. The van der Waals surface area contributed by atoms with Gasteiger partial charge in [-0.3, -0.25) is 9.48 Å². The standard InChI is InChI=1S/C16H20N2O2/c1-4-15-11(2)17-18(12(15)3)10-14-8-6-5-7-13(14)9-16(19)20/h5-8H,4,9-10H2,1-3H3,(H,19,20). The third-order valence-corrected chi connectivity index (χ3v) is 3.67. The molecule has 2 aromatic rings. The molecule has 1 aromatic heterocycles. The highest BCUT2D eigenvalue weighted by molar-refractivity contribution is 5.70.